The van der Waals surface area contributed by atoms with Gasteiger partial charge in [-0.2, -0.15) is 9.97 Å². The Hall–Kier alpha value is -2.72. The van der Waals surface area contributed by atoms with E-state index >= 15 is 0 Å². The molecule has 2 saturated heterocycles. The minimum Gasteiger partial charge on any atom is -0.472 e. The Kier molecular flexibility index (Phi) is 8.34. The Balaban J connectivity index is 1.69. The van der Waals surface area contributed by atoms with Crippen LogP contribution in [0.15, 0.2) is 41.4 Å². The number of likely N-dealkylation sites (tertiary alicyclic amines) is 1. The molecule has 0 spiro atoms. The number of aliphatic imine (C=N–C) groups is 1. The third kappa shape index (κ3) is 6.24. The number of anilines is 1. The Morgan fingerprint density at radius 2 is 2.03 bits per heavy atom. The summed E-state index contributed by atoms with van der Waals surface area (Å²) in [4.78, 5) is 18.0. The van der Waals surface area contributed by atoms with Gasteiger partial charge in [-0.15, -0.1) is 0 Å². The Morgan fingerprint density at radius 3 is 2.74 bits per heavy atom. The van der Waals surface area contributed by atoms with E-state index in [1.54, 1.807) is 6.08 Å². The standard InChI is InChI=1S/C24H31ClN6O3/c1-30-9-5-8-19(15-30)34-23-21(25)22(28-24(29-23)31-10-12-33-13-11-31)27-18(16-32)14-20(26)17-6-3-2-4-7-17/h2-4,6-7,14,19,32H,5,8-13,15-16,26H2,1H3. The van der Waals surface area contributed by atoms with Gasteiger partial charge in [0.1, 0.15) is 11.1 Å². The molecule has 10 heteroatoms. The summed E-state index contributed by atoms with van der Waals surface area (Å²) in [6, 6.07) is 9.49. The number of piperidine rings is 1. The molecule has 182 valence electrons. The van der Waals surface area contributed by atoms with E-state index in [9.17, 15) is 5.11 Å². The fraction of sp³-hybridized carbons (Fsp3) is 0.458. The molecule has 2 aliphatic heterocycles. The maximum Gasteiger partial charge on any atom is 0.240 e. The number of aromatic nitrogens is 2. The van der Waals surface area contributed by atoms with Crippen molar-refractivity contribution >= 4 is 34.8 Å². The van der Waals surface area contributed by atoms with Gasteiger partial charge in [-0.1, -0.05) is 41.9 Å². The number of rotatable bonds is 7. The van der Waals surface area contributed by atoms with Gasteiger partial charge in [0.05, 0.1) is 25.5 Å². The first-order valence-corrected chi connectivity index (χ1v) is 11.9. The van der Waals surface area contributed by atoms with Crippen molar-refractivity contribution in [3.05, 3.63) is 47.0 Å². The van der Waals surface area contributed by atoms with Crippen molar-refractivity contribution in [1.82, 2.24) is 14.9 Å². The predicted molar refractivity (Wildman–Crippen MR) is 134 cm³/mol. The summed E-state index contributed by atoms with van der Waals surface area (Å²) in [6.45, 7) is 4.00. The summed E-state index contributed by atoms with van der Waals surface area (Å²) in [5.74, 6) is 1.01. The van der Waals surface area contributed by atoms with Gasteiger partial charge in [-0.3, -0.25) is 0 Å². The van der Waals surface area contributed by atoms with E-state index in [-0.39, 0.29) is 23.6 Å². The summed E-state index contributed by atoms with van der Waals surface area (Å²) in [7, 11) is 2.07. The van der Waals surface area contributed by atoms with Gasteiger partial charge in [0.25, 0.3) is 0 Å². The lowest BCUT2D eigenvalue weighted by Gasteiger charge is -2.31. The van der Waals surface area contributed by atoms with Crippen LogP contribution >= 0.6 is 11.6 Å². The SMILES string of the molecule is CN1CCCC(Oc2nc(N3CCOCC3)nc(N=C(C=C(N)c3ccccc3)CO)c2Cl)C1. The van der Waals surface area contributed by atoms with Crippen LogP contribution < -0.4 is 15.4 Å². The van der Waals surface area contributed by atoms with E-state index in [1.807, 2.05) is 35.2 Å². The third-order valence-corrected chi connectivity index (χ3v) is 6.12. The highest BCUT2D eigenvalue weighted by molar-refractivity contribution is 6.34. The maximum atomic E-state index is 9.97. The number of aliphatic hydroxyl groups excluding tert-OH is 1. The lowest BCUT2D eigenvalue weighted by atomic mass is 10.1. The number of nitrogens with zero attached hydrogens (tertiary/aromatic N) is 5. The lowest BCUT2D eigenvalue weighted by molar-refractivity contribution is 0.0997. The second-order valence-electron chi connectivity index (χ2n) is 8.44. The summed E-state index contributed by atoms with van der Waals surface area (Å²) in [6.07, 6.45) is 3.57. The molecule has 0 radical (unpaired) electrons. The van der Waals surface area contributed by atoms with Crippen LogP contribution in [0.3, 0.4) is 0 Å². The zero-order valence-corrected chi connectivity index (χ0v) is 20.1. The second-order valence-corrected chi connectivity index (χ2v) is 8.82. The molecule has 0 amide bonds. The van der Waals surface area contributed by atoms with Crippen LogP contribution in [0.5, 0.6) is 5.88 Å². The molecule has 1 unspecified atom stereocenters. The molecular weight excluding hydrogens is 456 g/mol. The molecule has 0 saturated carbocycles. The first-order valence-electron chi connectivity index (χ1n) is 11.5. The van der Waals surface area contributed by atoms with Gasteiger partial charge in [0.2, 0.25) is 11.8 Å². The van der Waals surface area contributed by atoms with Gasteiger partial charge in [-0.25, -0.2) is 4.99 Å². The molecule has 2 aliphatic rings. The number of hydrogen-bond acceptors (Lipinski definition) is 9. The van der Waals surface area contributed by atoms with E-state index in [2.05, 4.69) is 26.9 Å². The number of nitrogens with two attached hydrogens (primary N) is 1. The monoisotopic (exact) mass is 486 g/mol. The second kappa shape index (κ2) is 11.6. The van der Waals surface area contributed by atoms with E-state index in [0.717, 1.165) is 31.5 Å². The number of benzene rings is 1. The summed E-state index contributed by atoms with van der Waals surface area (Å²) in [5.41, 5.74) is 7.87. The molecule has 0 aliphatic carbocycles. The minimum absolute atomic E-state index is 0.0218. The van der Waals surface area contributed by atoms with Gasteiger partial charge >= 0.3 is 0 Å². The summed E-state index contributed by atoms with van der Waals surface area (Å²) in [5, 5.41) is 10.2. The maximum absolute atomic E-state index is 9.97. The fourth-order valence-corrected chi connectivity index (χ4v) is 4.15. The number of halogens is 1. The van der Waals surface area contributed by atoms with E-state index in [4.69, 9.17) is 26.8 Å². The Bertz CT molecular complexity index is 1030. The van der Waals surface area contributed by atoms with Crippen LogP contribution in [0.1, 0.15) is 18.4 Å². The van der Waals surface area contributed by atoms with Crippen molar-refractivity contribution in [2.24, 2.45) is 10.7 Å². The molecule has 9 nitrogen and oxygen atoms in total. The minimum atomic E-state index is -0.329. The molecule has 0 bridgehead atoms. The van der Waals surface area contributed by atoms with Crippen molar-refractivity contribution < 1.29 is 14.6 Å². The first-order chi connectivity index (χ1) is 16.5. The normalized spacial score (nSPS) is 20.4. The van der Waals surface area contributed by atoms with Crippen LogP contribution in [-0.2, 0) is 4.74 Å². The molecule has 1 aromatic heterocycles. The average Bonchev–Trinajstić information content (AvgIpc) is 2.86. The molecule has 34 heavy (non-hydrogen) atoms. The van der Waals surface area contributed by atoms with E-state index in [0.29, 0.717) is 49.5 Å². The zero-order valence-electron chi connectivity index (χ0n) is 19.4. The zero-order chi connectivity index (χ0) is 23.9. The molecule has 2 aromatic rings. The van der Waals surface area contributed by atoms with Crippen LogP contribution in [0.25, 0.3) is 5.70 Å². The number of ether oxygens (including phenoxy) is 2. The van der Waals surface area contributed by atoms with Gasteiger partial charge in [-0.05, 0) is 38.1 Å². The highest BCUT2D eigenvalue weighted by Crippen LogP contribution is 2.35. The third-order valence-electron chi connectivity index (χ3n) is 5.79. The predicted octanol–water partition coefficient (Wildman–Crippen LogP) is 2.50. The van der Waals surface area contributed by atoms with E-state index < -0.39 is 0 Å². The number of likely N-dealkylation sites (N-methyl/N-ethyl adjacent to an activating group) is 1. The van der Waals surface area contributed by atoms with Crippen molar-refractivity contribution in [1.29, 1.82) is 0 Å². The lowest BCUT2D eigenvalue weighted by Crippen LogP contribution is -2.39. The molecule has 1 atom stereocenters. The largest absolute Gasteiger partial charge is 0.472 e. The van der Waals surface area contributed by atoms with Gasteiger partial charge < -0.3 is 30.1 Å². The Labute approximate surface area is 204 Å². The van der Waals surface area contributed by atoms with Crippen molar-refractivity contribution in [2.75, 3.05) is 57.9 Å². The number of morpholine rings is 1. The van der Waals surface area contributed by atoms with Crippen molar-refractivity contribution in [3.8, 4) is 5.88 Å². The first kappa shape index (κ1) is 24.4. The molecular formula is C24H31ClN6O3. The molecule has 1 aromatic carbocycles. The fourth-order valence-electron chi connectivity index (χ4n) is 3.98. The summed E-state index contributed by atoms with van der Waals surface area (Å²) >= 11 is 6.68. The quantitative estimate of drug-likeness (QED) is 0.574. The van der Waals surface area contributed by atoms with Gasteiger partial charge in [0.15, 0.2) is 5.82 Å². The van der Waals surface area contributed by atoms with Crippen LogP contribution in [0.4, 0.5) is 11.8 Å². The highest BCUT2D eigenvalue weighted by Gasteiger charge is 2.24. The van der Waals surface area contributed by atoms with Crippen LogP contribution in [0.2, 0.25) is 5.02 Å². The highest BCUT2D eigenvalue weighted by atomic mass is 35.5. The summed E-state index contributed by atoms with van der Waals surface area (Å²) < 4.78 is 11.7. The molecule has 3 N–H and O–H groups in total. The van der Waals surface area contributed by atoms with Crippen molar-refractivity contribution in [3.63, 3.8) is 0 Å². The van der Waals surface area contributed by atoms with E-state index in [1.165, 1.54) is 0 Å². The van der Waals surface area contributed by atoms with Crippen LogP contribution in [-0.4, -0.2) is 84.8 Å². The molecule has 2 fully saturated rings. The smallest absolute Gasteiger partial charge is 0.240 e. The van der Waals surface area contributed by atoms with Crippen molar-refractivity contribution in [2.45, 2.75) is 18.9 Å². The number of aliphatic hydroxyl groups is 1. The average molecular weight is 487 g/mol. The Morgan fingerprint density at radius 1 is 1.26 bits per heavy atom. The van der Waals surface area contributed by atoms with Gasteiger partial charge in [0, 0.05) is 25.3 Å². The molecule has 4 rings (SSSR count). The number of hydrogen-bond donors (Lipinski definition) is 2. The topological polar surface area (TPSA) is 109 Å². The van der Waals surface area contributed by atoms with Crippen LogP contribution in [0, 0.1) is 0 Å². The molecule has 3 heterocycles.